The third-order valence-corrected chi connectivity index (χ3v) is 3.09. The van der Waals surface area contributed by atoms with E-state index in [0.29, 0.717) is 5.75 Å². The number of aromatic nitrogens is 2. The predicted molar refractivity (Wildman–Crippen MR) is 85.7 cm³/mol. The van der Waals surface area contributed by atoms with Gasteiger partial charge in [0.05, 0.1) is 19.6 Å². The molecule has 1 amide bonds. The second-order valence-electron chi connectivity index (χ2n) is 4.68. The van der Waals surface area contributed by atoms with Gasteiger partial charge in [0, 0.05) is 21.2 Å². The number of likely N-dealkylation sites (N-methyl/N-ethyl adjacent to an activating group) is 1. The number of benzene rings is 1. The largest absolute Gasteiger partial charge is 0.497 e. The molecular formula is C15H20N4O4. The molecule has 0 saturated heterocycles. The number of hydrogen-bond acceptors (Lipinski definition) is 6. The molecule has 2 aromatic rings. The third-order valence-electron chi connectivity index (χ3n) is 3.09. The molecule has 124 valence electrons. The van der Waals surface area contributed by atoms with Crippen molar-refractivity contribution in [2.75, 3.05) is 28.3 Å². The number of carbonyl (C=O) groups excluding carboxylic acids is 1. The summed E-state index contributed by atoms with van der Waals surface area (Å²) in [6.07, 6.45) is 2.87. The van der Waals surface area contributed by atoms with E-state index in [1.807, 2.05) is 0 Å². The molecule has 8 nitrogen and oxygen atoms in total. The molecule has 0 fully saturated rings. The first-order valence-corrected chi connectivity index (χ1v) is 6.73. The quantitative estimate of drug-likeness (QED) is 0.844. The molecule has 0 aliphatic heterocycles. The number of carbonyl (C=O) groups is 1. The van der Waals surface area contributed by atoms with Gasteiger partial charge in [-0.1, -0.05) is 12.1 Å². The first kappa shape index (κ1) is 18.3. The highest BCUT2D eigenvalue weighted by Gasteiger charge is 2.24. The number of nitroso groups, excluding NO2 is 1. The molecule has 0 saturated carbocycles. The van der Waals surface area contributed by atoms with E-state index in [1.54, 1.807) is 50.0 Å². The number of rotatable bonds is 5. The summed E-state index contributed by atoms with van der Waals surface area (Å²) < 4.78 is 6.68. The number of methoxy groups -OCH3 is 1. The summed E-state index contributed by atoms with van der Waals surface area (Å²) in [4.78, 5) is 28.3. The molecule has 0 spiro atoms. The van der Waals surface area contributed by atoms with Gasteiger partial charge in [-0.15, -0.1) is 4.91 Å². The molecular weight excluding hydrogens is 300 g/mol. The molecule has 0 bridgehead atoms. The van der Waals surface area contributed by atoms with Crippen LogP contribution in [0.25, 0.3) is 0 Å². The number of ether oxygens (including phenoxy) is 1. The zero-order valence-corrected chi connectivity index (χ0v) is 13.5. The van der Waals surface area contributed by atoms with Crippen molar-refractivity contribution in [2.45, 2.75) is 6.04 Å². The van der Waals surface area contributed by atoms with Gasteiger partial charge in [0.25, 0.3) is 0 Å². The molecule has 0 aliphatic rings. The van der Waals surface area contributed by atoms with Crippen LogP contribution in [0.2, 0.25) is 0 Å². The molecule has 0 radical (unpaired) electrons. The number of imidazole rings is 1. The van der Waals surface area contributed by atoms with Gasteiger partial charge >= 0.3 is 0 Å². The lowest BCUT2D eigenvalue weighted by molar-refractivity contribution is -0.131. The van der Waals surface area contributed by atoms with Crippen molar-refractivity contribution < 1.29 is 14.6 Å². The van der Waals surface area contributed by atoms with Crippen LogP contribution in [0.1, 0.15) is 11.6 Å². The summed E-state index contributed by atoms with van der Waals surface area (Å²) in [7, 11) is 5.93. The minimum Gasteiger partial charge on any atom is -0.497 e. The lowest BCUT2D eigenvalue weighted by atomic mass is 10.1. The fourth-order valence-corrected chi connectivity index (χ4v) is 1.99. The lowest BCUT2D eigenvalue weighted by Crippen LogP contribution is -2.31. The van der Waals surface area contributed by atoms with Crippen molar-refractivity contribution in [3.63, 3.8) is 0 Å². The number of aliphatic hydroxyl groups excluding tert-OH is 1. The van der Waals surface area contributed by atoms with Gasteiger partial charge in [-0.2, -0.15) is 0 Å². The second kappa shape index (κ2) is 8.64. The number of hydrogen-bond donors (Lipinski definition) is 1. The van der Waals surface area contributed by atoms with Crippen molar-refractivity contribution >= 4 is 11.7 Å². The van der Waals surface area contributed by atoms with Crippen LogP contribution < -0.4 is 4.74 Å². The zero-order valence-electron chi connectivity index (χ0n) is 13.5. The summed E-state index contributed by atoms with van der Waals surface area (Å²) >= 11 is 0. The Balaban J connectivity index is 0.00000127. The van der Waals surface area contributed by atoms with Crippen LogP contribution in [-0.4, -0.2) is 53.8 Å². The van der Waals surface area contributed by atoms with Gasteiger partial charge in [0.15, 0.2) is 0 Å². The van der Waals surface area contributed by atoms with Gasteiger partial charge in [-0.05, 0) is 22.9 Å². The average Bonchev–Trinajstić information content (AvgIpc) is 3.06. The highest BCUT2D eigenvalue weighted by atomic mass is 16.5. The highest BCUT2D eigenvalue weighted by Crippen LogP contribution is 2.24. The smallest absolute Gasteiger partial charge is 0.249 e. The Bertz CT molecular complexity index is 637. The van der Waals surface area contributed by atoms with Gasteiger partial charge < -0.3 is 19.3 Å². The van der Waals surface area contributed by atoms with E-state index in [2.05, 4.69) is 10.2 Å². The zero-order chi connectivity index (χ0) is 17.4. The Labute approximate surface area is 134 Å². The maximum absolute atomic E-state index is 12.4. The van der Waals surface area contributed by atoms with Crippen LogP contribution in [0.4, 0.5) is 5.82 Å². The van der Waals surface area contributed by atoms with Crippen LogP contribution >= 0.6 is 0 Å². The Hall–Kier alpha value is -2.74. The molecule has 23 heavy (non-hydrogen) atoms. The molecule has 1 N–H and O–H groups in total. The molecule has 8 heteroatoms. The standard InChI is InChI=1S/C14H16N4O3.CH4O/c1-17(2)14(19)13(18-8-12(16-20)15-9-18)10-4-6-11(21-3)7-5-10;1-2/h4-9,13H,1-3H3;2H,1H3. The van der Waals surface area contributed by atoms with Crippen LogP contribution in [0, 0.1) is 4.91 Å². The van der Waals surface area contributed by atoms with E-state index in [-0.39, 0.29) is 11.7 Å². The molecule has 1 unspecified atom stereocenters. The van der Waals surface area contributed by atoms with Crippen LogP contribution in [0.5, 0.6) is 5.75 Å². The maximum atomic E-state index is 12.4. The minimum absolute atomic E-state index is 0.0417. The Morgan fingerprint density at radius 1 is 1.30 bits per heavy atom. The third kappa shape index (κ3) is 4.36. The summed E-state index contributed by atoms with van der Waals surface area (Å²) in [6.45, 7) is 0. The molecule has 1 atom stereocenters. The van der Waals surface area contributed by atoms with E-state index >= 15 is 0 Å². The minimum atomic E-state index is -0.603. The second-order valence-corrected chi connectivity index (χ2v) is 4.68. The van der Waals surface area contributed by atoms with E-state index in [1.165, 1.54) is 17.4 Å². The van der Waals surface area contributed by atoms with Crippen molar-refractivity contribution in [1.29, 1.82) is 0 Å². The van der Waals surface area contributed by atoms with E-state index in [9.17, 15) is 9.70 Å². The molecule has 1 aromatic heterocycles. The van der Waals surface area contributed by atoms with Crippen molar-refractivity contribution in [2.24, 2.45) is 5.18 Å². The highest BCUT2D eigenvalue weighted by molar-refractivity contribution is 5.83. The van der Waals surface area contributed by atoms with Gasteiger partial charge in [-0.3, -0.25) is 4.79 Å². The normalized spacial score (nSPS) is 11.0. The van der Waals surface area contributed by atoms with Crippen LogP contribution in [-0.2, 0) is 4.79 Å². The fraction of sp³-hybridized carbons (Fsp3) is 0.333. The van der Waals surface area contributed by atoms with E-state index < -0.39 is 6.04 Å². The van der Waals surface area contributed by atoms with Gasteiger partial charge in [0.2, 0.25) is 11.7 Å². The summed E-state index contributed by atoms with van der Waals surface area (Å²) in [6, 6.07) is 6.56. The maximum Gasteiger partial charge on any atom is 0.249 e. The molecule has 0 aliphatic carbocycles. The Morgan fingerprint density at radius 2 is 1.91 bits per heavy atom. The molecule has 2 rings (SSSR count). The number of aliphatic hydroxyl groups is 1. The first-order chi connectivity index (χ1) is 11.1. The van der Waals surface area contributed by atoms with Crippen molar-refractivity contribution in [1.82, 2.24) is 14.5 Å². The molecule has 1 aromatic carbocycles. The predicted octanol–water partition coefficient (Wildman–Crippen LogP) is 1.58. The average molecular weight is 320 g/mol. The van der Waals surface area contributed by atoms with Gasteiger partial charge in [-0.25, -0.2) is 4.98 Å². The van der Waals surface area contributed by atoms with Crippen LogP contribution in [0.3, 0.4) is 0 Å². The fourth-order valence-electron chi connectivity index (χ4n) is 1.99. The van der Waals surface area contributed by atoms with Crippen LogP contribution in [0.15, 0.2) is 42.0 Å². The Kier molecular flexibility index (Phi) is 6.88. The van der Waals surface area contributed by atoms with Crippen molar-refractivity contribution in [3.05, 3.63) is 47.3 Å². The SMILES string of the molecule is CO.COc1ccc(C(C(=O)N(C)C)n2cnc(N=O)c2)cc1. The Morgan fingerprint density at radius 3 is 2.35 bits per heavy atom. The van der Waals surface area contributed by atoms with Gasteiger partial charge in [0.1, 0.15) is 11.8 Å². The van der Waals surface area contributed by atoms with E-state index in [4.69, 9.17) is 9.84 Å². The number of nitrogens with zero attached hydrogens (tertiary/aromatic N) is 4. The molecule has 1 heterocycles. The number of amides is 1. The van der Waals surface area contributed by atoms with E-state index in [0.717, 1.165) is 12.7 Å². The summed E-state index contributed by atoms with van der Waals surface area (Å²) in [5.41, 5.74) is 0.768. The van der Waals surface area contributed by atoms with Crippen molar-refractivity contribution in [3.8, 4) is 5.75 Å². The lowest BCUT2D eigenvalue weighted by Gasteiger charge is -2.22. The summed E-state index contributed by atoms with van der Waals surface area (Å²) in [5, 5.41) is 9.77. The monoisotopic (exact) mass is 320 g/mol. The summed E-state index contributed by atoms with van der Waals surface area (Å²) in [5.74, 6) is 0.616. The first-order valence-electron chi connectivity index (χ1n) is 6.73. The topological polar surface area (TPSA) is 97.0 Å².